The van der Waals surface area contributed by atoms with Crippen LogP contribution in [0.1, 0.15) is 13.8 Å². The largest absolute Gasteiger partial charge is 0.494 e. The first-order chi connectivity index (χ1) is 8.84. The molecule has 0 aliphatic rings. The Kier molecular flexibility index (Phi) is 5.56. The Bertz CT molecular complexity index is 518. The zero-order chi connectivity index (χ0) is 14.5. The number of ether oxygens (including phenoxy) is 1. The first-order valence-corrected chi connectivity index (χ1v) is 7.56. The molecule has 1 aromatic carbocycles. The van der Waals surface area contributed by atoms with E-state index in [1.165, 1.54) is 19.2 Å². The molecule has 0 aliphatic carbocycles. The number of benzene rings is 1. The van der Waals surface area contributed by atoms with Gasteiger partial charge in [-0.3, -0.25) is 4.72 Å². The summed E-state index contributed by atoms with van der Waals surface area (Å²) in [4.78, 5) is 0. The summed E-state index contributed by atoms with van der Waals surface area (Å²) in [5, 5.41) is 3.00. The van der Waals surface area contributed by atoms with Crippen molar-refractivity contribution in [1.82, 2.24) is 5.32 Å². The van der Waals surface area contributed by atoms with Gasteiger partial charge >= 0.3 is 0 Å². The molecule has 0 bridgehead atoms. The Balaban J connectivity index is 2.65. The minimum absolute atomic E-state index is 0.0706. The smallest absolute Gasteiger partial charge is 0.233 e. The molecule has 7 heteroatoms. The standard InChI is InChI=1S/C12H19FN2O3S/c1-9(2)14-6-7-19(16,17)15-10-4-5-12(18-3)11(13)8-10/h4-5,8-9,14-15H,6-7H2,1-3H3. The lowest BCUT2D eigenvalue weighted by molar-refractivity contribution is 0.386. The van der Waals surface area contributed by atoms with Crippen molar-refractivity contribution >= 4 is 15.7 Å². The van der Waals surface area contributed by atoms with Crippen molar-refractivity contribution in [2.24, 2.45) is 0 Å². The summed E-state index contributed by atoms with van der Waals surface area (Å²) >= 11 is 0. The highest BCUT2D eigenvalue weighted by atomic mass is 32.2. The van der Waals surface area contributed by atoms with Crippen LogP contribution in [0.15, 0.2) is 18.2 Å². The van der Waals surface area contributed by atoms with Crippen LogP contribution in [0.3, 0.4) is 0 Å². The number of anilines is 1. The molecule has 1 aromatic rings. The van der Waals surface area contributed by atoms with Gasteiger partial charge in [-0.15, -0.1) is 0 Å². The normalized spacial score (nSPS) is 11.6. The minimum Gasteiger partial charge on any atom is -0.494 e. The molecule has 0 atom stereocenters. The van der Waals surface area contributed by atoms with E-state index in [1.807, 2.05) is 13.8 Å². The molecule has 0 fully saturated rings. The minimum atomic E-state index is -3.49. The van der Waals surface area contributed by atoms with E-state index in [0.717, 1.165) is 6.07 Å². The average molecular weight is 290 g/mol. The topological polar surface area (TPSA) is 67.4 Å². The molecular formula is C12H19FN2O3S. The van der Waals surface area contributed by atoms with Crippen molar-refractivity contribution < 1.29 is 17.5 Å². The van der Waals surface area contributed by atoms with Gasteiger partial charge in [-0.05, 0) is 12.1 Å². The lowest BCUT2D eigenvalue weighted by atomic mass is 10.3. The number of rotatable bonds is 7. The first-order valence-electron chi connectivity index (χ1n) is 5.91. The summed E-state index contributed by atoms with van der Waals surface area (Å²) in [6.45, 7) is 4.20. The van der Waals surface area contributed by atoms with Crippen LogP contribution >= 0.6 is 0 Å². The summed E-state index contributed by atoms with van der Waals surface area (Å²) in [6.07, 6.45) is 0. The van der Waals surface area contributed by atoms with Gasteiger partial charge in [-0.1, -0.05) is 13.8 Å². The average Bonchev–Trinajstić information content (AvgIpc) is 2.27. The van der Waals surface area contributed by atoms with Gasteiger partial charge < -0.3 is 10.1 Å². The highest BCUT2D eigenvalue weighted by Crippen LogP contribution is 2.21. The maximum absolute atomic E-state index is 13.4. The Labute approximate surface area is 113 Å². The van der Waals surface area contributed by atoms with E-state index in [0.29, 0.717) is 6.54 Å². The zero-order valence-corrected chi connectivity index (χ0v) is 12.1. The van der Waals surface area contributed by atoms with Gasteiger partial charge in [0.1, 0.15) is 0 Å². The first kappa shape index (κ1) is 15.7. The molecule has 0 unspecified atom stereocenters. The number of hydrogen-bond acceptors (Lipinski definition) is 4. The van der Waals surface area contributed by atoms with Gasteiger partial charge in [0.25, 0.3) is 0 Å². The van der Waals surface area contributed by atoms with Crippen LogP contribution in [0.5, 0.6) is 5.75 Å². The third-order valence-corrected chi connectivity index (χ3v) is 3.64. The van der Waals surface area contributed by atoms with Crippen LogP contribution in [0, 0.1) is 5.82 Å². The molecule has 0 saturated heterocycles. The molecule has 0 heterocycles. The molecule has 0 aromatic heterocycles. The quantitative estimate of drug-likeness (QED) is 0.800. The summed E-state index contributed by atoms with van der Waals surface area (Å²) in [7, 11) is -2.14. The maximum Gasteiger partial charge on any atom is 0.233 e. The second-order valence-electron chi connectivity index (χ2n) is 4.38. The van der Waals surface area contributed by atoms with Crippen molar-refractivity contribution in [3.63, 3.8) is 0 Å². The predicted molar refractivity (Wildman–Crippen MR) is 73.5 cm³/mol. The monoisotopic (exact) mass is 290 g/mol. The van der Waals surface area contributed by atoms with Crippen LogP contribution in [0.25, 0.3) is 0 Å². The van der Waals surface area contributed by atoms with Gasteiger partial charge in [-0.25, -0.2) is 12.8 Å². The van der Waals surface area contributed by atoms with Crippen molar-refractivity contribution in [2.75, 3.05) is 24.1 Å². The molecule has 5 nitrogen and oxygen atoms in total. The Hall–Kier alpha value is -1.34. The zero-order valence-electron chi connectivity index (χ0n) is 11.2. The van der Waals surface area contributed by atoms with E-state index in [1.54, 1.807) is 0 Å². The predicted octanol–water partition coefficient (Wildman–Crippen LogP) is 1.57. The second-order valence-corrected chi connectivity index (χ2v) is 6.22. The lowest BCUT2D eigenvalue weighted by Crippen LogP contribution is -2.30. The van der Waals surface area contributed by atoms with Crippen LogP contribution in [-0.2, 0) is 10.0 Å². The molecule has 2 N–H and O–H groups in total. The number of methoxy groups -OCH3 is 1. The van der Waals surface area contributed by atoms with Crippen LogP contribution in [0.2, 0.25) is 0 Å². The maximum atomic E-state index is 13.4. The van der Waals surface area contributed by atoms with Crippen molar-refractivity contribution in [3.8, 4) is 5.75 Å². The fourth-order valence-corrected chi connectivity index (χ4v) is 2.42. The van der Waals surface area contributed by atoms with Gasteiger partial charge in [0, 0.05) is 18.7 Å². The fourth-order valence-electron chi connectivity index (χ4n) is 1.44. The van der Waals surface area contributed by atoms with E-state index < -0.39 is 15.8 Å². The molecule has 1 rings (SSSR count). The van der Waals surface area contributed by atoms with Gasteiger partial charge in [-0.2, -0.15) is 0 Å². The number of halogens is 1. The highest BCUT2D eigenvalue weighted by molar-refractivity contribution is 7.92. The highest BCUT2D eigenvalue weighted by Gasteiger charge is 2.12. The number of hydrogen-bond donors (Lipinski definition) is 2. The summed E-state index contributed by atoms with van der Waals surface area (Å²) in [5.41, 5.74) is 0.183. The SMILES string of the molecule is COc1ccc(NS(=O)(=O)CCNC(C)C)cc1F. The van der Waals surface area contributed by atoms with E-state index in [9.17, 15) is 12.8 Å². The Morgan fingerprint density at radius 2 is 2.05 bits per heavy atom. The van der Waals surface area contributed by atoms with Crippen molar-refractivity contribution in [3.05, 3.63) is 24.0 Å². The molecule has 0 saturated carbocycles. The summed E-state index contributed by atoms with van der Waals surface area (Å²) in [6, 6.07) is 4.13. The fraction of sp³-hybridized carbons (Fsp3) is 0.500. The Morgan fingerprint density at radius 3 is 2.58 bits per heavy atom. The van der Waals surface area contributed by atoms with Crippen LogP contribution in [0.4, 0.5) is 10.1 Å². The molecular weight excluding hydrogens is 271 g/mol. The van der Waals surface area contributed by atoms with Gasteiger partial charge in [0.2, 0.25) is 10.0 Å². The molecule has 0 radical (unpaired) electrons. The summed E-state index contributed by atoms with van der Waals surface area (Å²) < 4.78 is 44.0. The van der Waals surface area contributed by atoms with Crippen LogP contribution < -0.4 is 14.8 Å². The van der Waals surface area contributed by atoms with Crippen molar-refractivity contribution in [2.45, 2.75) is 19.9 Å². The third-order valence-electron chi connectivity index (χ3n) is 2.35. The van der Waals surface area contributed by atoms with Gasteiger partial charge in [0.05, 0.1) is 18.6 Å². The van der Waals surface area contributed by atoms with Gasteiger partial charge in [0.15, 0.2) is 11.6 Å². The third kappa shape index (κ3) is 5.44. The van der Waals surface area contributed by atoms with E-state index >= 15 is 0 Å². The van der Waals surface area contributed by atoms with Crippen LogP contribution in [-0.4, -0.2) is 33.9 Å². The van der Waals surface area contributed by atoms with E-state index in [-0.39, 0.29) is 23.2 Å². The molecule has 108 valence electrons. The second kappa shape index (κ2) is 6.72. The van der Waals surface area contributed by atoms with E-state index in [4.69, 9.17) is 4.74 Å². The lowest BCUT2D eigenvalue weighted by Gasteiger charge is -2.11. The summed E-state index contributed by atoms with van der Waals surface area (Å²) in [5.74, 6) is -0.605. The van der Waals surface area contributed by atoms with Crippen molar-refractivity contribution in [1.29, 1.82) is 0 Å². The van der Waals surface area contributed by atoms with E-state index in [2.05, 4.69) is 10.0 Å². The number of sulfonamides is 1. The molecule has 0 amide bonds. The number of nitrogens with one attached hydrogen (secondary N) is 2. The Morgan fingerprint density at radius 1 is 1.37 bits per heavy atom. The molecule has 19 heavy (non-hydrogen) atoms. The molecule has 0 aliphatic heterocycles. The molecule has 0 spiro atoms.